The van der Waals surface area contributed by atoms with Crippen LogP contribution in [0, 0.1) is 6.92 Å². The lowest BCUT2D eigenvalue weighted by Crippen LogP contribution is -2.33. The van der Waals surface area contributed by atoms with E-state index in [1.54, 1.807) is 23.3 Å². The van der Waals surface area contributed by atoms with Crippen LogP contribution in [0.1, 0.15) is 38.4 Å². The van der Waals surface area contributed by atoms with Crippen LogP contribution in [0.15, 0.2) is 58.2 Å². The van der Waals surface area contributed by atoms with Gasteiger partial charge in [-0.1, -0.05) is 17.7 Å². The molecule has 8 heteroatoms. The molecule has 0 bridgehead atoms. The topological polar surface area (TPSA) is 93.3 Å². The molecule has 168 valence electrons. The predicted molar refractivity (Wildman–Crippen MR) is 124 cm³/mol. The van der Waals surface area contributed by atoms with Crippen LogP contribution in [0.25, 0.3) is 11.0 Å². The number of fused-ring (bicyclic) bond motifs is 2. The summed E-state index contributed by atoms with van der Waals surface area (Å²) in [6, 6.07) is 9.38. The van der Waals surface area contributed by atoms with E-state index in [2.05, 4.69) is 20.3 Å². The molecule has 0 spiro atoms. The van der Waals surface area contributed by atoms with Crippen molar-refractivity contribution in [2.75, 3.05) is 6.54 Å². The van der Waals surface area contributed by atoms with E-state index in [1.807, 2.05) is 44.3 Å². The van der Waals surface area contributed by atoms with E-state index in [9.17, 15) is 9.59 Å². The molecule has 0 radical (unpaired) electrons. The van der Waals surface area contributed by atoms with Gasteiger partial charge < -0.3 is 9.73 Å². The number of hydrogen-bond acceptors (Lipinski definition) is 6. The van der Waals surface area contributed by atoms with Gasteiger partial charge in [-0.05, 0) is 30.7 Å². The largest absolute Gasteiger partial charge is 0.464 e. The van der Waals surface area contributed by atoms with E-state index >= 15 is 0 Å². The standard InChI is InChI=1S/C25H25N5O3/c1-16-5-6-22-19(10-16)24(31)18(15-33-22)13-30-9-7-21-20(14-30)23(28-29(21)2)25(32)27-12-17-4-3-8-26-11-17/h3-6,8,10-11,15H,7,9,12-14H2,1-2H3,(H,27,32). The third-order valence-corrected chi connectivity index (χ3v) is 6.11. The molecule has 0 fully saturated rings. The van der Waals surface area contributed by atoms with Gasteiger partial charge in [-0.2, -0.15) is 5.10 Å². The third kappa shape index (κ3) is 4.17. The van der Waals surface area contributed by atoms with Gasteiger partial charge in [0.1, 0.15) is 5.58 Å². The lowest BCUT2D eigenvalue weighted by molar-refractivity contribution is 0.0942. The van der Waals surface area contributed by atoms with Crippen molar-refractivity contribution in [2.45, 2.75) is 33.0 Å². The number of nitrogens with zero attached hydrogens (tertiary/aromatic N) is 4. The van der Waals surface area contributed by atoms with Gasteiger partial charge in [-0.15, -0.1) is 0 Å². The third-order valence-electron chi connectivity index (χ3n) is 6.11. The van der Waals surface area contributed by atoms with E-state index in [0.717, 1.165) is 35.3 Å². The number of benzene rings is 1. The summed E-state index contributed by atoms with van der Waals surface area (Å²) in [6.07, 6.45) is 5.74. The summed E-state index contributed by atoms with van der Waals surface area (Å²) >= 11 is 0. The van der Waals surface area contributed by atoms with Crippen LogP contribution >= 0.6 is 0 Å². The Kier molecular flexibility index (Phi) is 5.51. The molecule has 0 aliphatic carbocycles. The van der Waals surface area contributed by atoms with Gasteiger partial charge >= 0.3 is 0 Å². The maximum absolute atomic E-state index is 13.0. The van der Waals surface area contributed by atoms with Gasteiger partial charge in [0.05, 0.1) is 11.6 Å². The molecule has 4 aromatic rings. The van der Waals surface area contributed by atoms with Crippen molar-refractivity contribution in [1.82, 2.24) is 25.0 Å². The van der Waals surface area contributed by atoms with Crippen molar-refractivity contribution in [3.8, 4) is 0 Å². The molecule has 4 heterocycles. The lowest BCUT2D eigenvalue weighted by atomic mass is 10.0. The highest BCUT2D eigenvalue weighted by molar-refractivity contribution is 5.94. The number of rotatable bonds is 5. The van der Waals surface area contributed by atoms with Crippen LogP contribution in [0.2, 0.25) is 0 Å². The van der Waals surface area contributed by atoms with Crippen molar-refractivity contribution in [3.63, 3.8) is 0 Å². The molecule has 33 heavy (non-hydrogen) atoms. The van der Waals surface area contributed by atoms with Crippen LogP contribution in [0.5, 0.6) is 0 Å². The molecule has 1 amide bonds. The quantitative estimate of drug-likeness (QED) is 0.510. The summed E-state index contributed by atoms with van der Waals surface area (Å²) in [5.41, 5.74) is 5.54. The average Bonchev–Trinajstić information content (AvgIpc) is 3.16. The first-order chi connectivity index (χ1) is 16.0. The first-order valence-corrected chi connectivity index (χ1v) is 10.9. The Morgan fingerprint density at radius 1 is 1.27 bits per heavy atom. The van der Waals surface area contributed by atoms with Gasteiger partial charge in [-0.25, -0.2) is 0 Å². The zero-order valence-electron chi connectivity index (χ0n) is 18.7. The van der Waals surface area contributed by atoms with Gasteiger partial charge in [0.25, 0.3) is 5.91 Å². The fourth-order valence-corrected chi connectivity index (χ4v) is 4.37. The Balaban J connectivity index is 1.35. The van der Waals surface area contributed by atoms with E-state index in [4.69, 9.17) is 4.42 Å². The number of pyridine rings is 1. The maximum atomic E-state index is 13.0. The average molecular weight is 444 g/mol. The molecule has 0 atom stereocenters. The minimum Gasteiger partial charge on any atom is -0.464 e. The van der Waals surface area contributed by atoms with Gasteiger partial charge in [-0.3, -0.25) is 24.2 Å². The molecule has 0 unspecified atom stereocenters. The fraction of sp³-hybridized carbons (Fsp3) is 0.280. The molecule has 8 nitrogen and oxygen atoms in total. The van der Waals surface area contributed by atoms with E-state index in [0.29, 0.717) is 41.9 Å². The normalized spacial score (nSPS) is 13.8. The molecule has 1 aromatic carbocycles. The Bertz CT molecular complexity index is 1390. The van der Waals surface area contributed by atoms with Gasteiger partial charge in [0, 0.05) is 68.9 Å². The van der Waals surface area contributed by atoms with Crippen molar-refractivity contribution in [1.29, 1.82) is 0 Å². The minimum absolute atomic E-state index is 0.00799. The van der Waals surface area contributed by atoms with Gasteiger partial charge in [0.15, 0.2) is 11.1 Å². The van der Waals surface area contributed by atoms with Crippen LogP contribution in [0.3, 0.4) is 0 Å². The second-order valence-corrected chi connectivity index (χ2v) is 8.49. The molecule has 3 aromatic heterocycles. The van der Waals surface area contributed by atoms with E-state index in [1.165, 1.54) is 0 Å². The summed E-state index contributed by atoms with van der Waals surface area (Å²) in [5.74, 6) is -0.210. The number of nitrogens with one attached hydrogen (secondary N) is 1. The maximum Gasteiger partial charge on any atom is 0.272 e. The van der Waals surface area contributed by atoms with Crippen LogP contribution in [0.4, 0.5) is 0 Å². The molecule has 0 saturated carbocycles. The summed E-state index contributed by atoms with van der Waals surface area (Å²) in [5, 5.41) is 8.03. The monoisotopic (exact) mass is 443 g/mol. The smallest absolute Gasteiger partial charge is 0.272 e. The summed E-state index contributed by atoms with van der Waals surface area (Å²) in [7, 11) is 1.87. The fourth-order valence-electron chi connectivity index (χ4n) is 4.37. The number of aromatic nitrogens is 3. The highest BCUT2D eigenvalue weighted by Gasteiger charge is 2.27. The van der Waals surface area contributed by atoms with E-state index < -0.39 is 0 Å². The number of hydrogen-bond donors (Lipinski definition) is 1. The Morgan fingerprint density at radius 2 is 2.15 bits per heavy atom. The van der Waals surface area contributed by atoms with Crippen LogP contribution in [-0.4, -0.2) is 32.1 Å². The summed E-state index contributed by atoms with van der Waals surface area (Å²) in [6.45, 7) is 4.12. The van der Waals surface area contributed by atoms with Gasteiger partial charge in [0.2, 0.25) is 0 Å². The lowest BCUT2D eigenvalue weighted by Gasteiger charge is -2.27. The highest BCUT2D eigenvalue weighted by Crippen LogP contribution is 2.24. The van der Waals surface area contributed by atoms with E-state index in [-0.39, 0.29) is 11.3 Å². The van der Waals surface area contributed by atoms with Crippen LogP contribution in [-0.2, 0) is 33.1 Å². The zero-order chi connectivity index (χ0) is 22.9. The Morgan fingerprint density at radius 3 is 2.97 bits per heavy atom. The Hall–Kier alpha value is -3.78. The van der Waals surface area contributed by atoms with Crippen molar-refractivity contribution in [3.05, 3.63) is 92.9 Å². The number of carbonyl (C=O) groups is 1. The minimum atomic E-state index is -0.210. The number of amides is 1. The second kappa shape index (κ2) is 8.63. The molecule has 1 aliphatic heterocycles. The molecule has 1 aliphatic rings. The predicted octanol–water partition coefficient (Wildman–Crippen LogP) is 2.72. The zero-order valence-corrected chi connectivity index (χ0v) is 18.7. The molecule has 5 rings (SSSR count). The summed E-state index contributed by atoms with van der Waals surface area (Å²) < 4.78 is 7.51. The second-order valence-electron chi connectivity index (χ2n) is 8.49. The Labute approximate surface area is 190 Å². The van der Waals surface area contributed by atoms with Crippen LogP contribution < -0.4 is 10.7 Å². The molecule has 1 N–H and O–H groups in total. The number of aryl methyl sites for hydroxylation is 2. The summed E-state index contributed by atoms with van der Waals surface area (Å²) in [4.78, 5) is 32.2. The van der Waals surface area contributed by atoms with Crippen molar-refractivity contribution < 1.29 is 9.21 Å². The molecular weight excluding hydrogens is 418 g/mol. The molecular formula is C25H25N5O3. The SMILES string of the molecule is Cc1ccc2occ(CN3CCc4c(c(C(=O)NCc5cccnc5)nn4C)C3)c(=O)c2c1. The molecule has 0 saturated heterocycles. The highest BCUT2D eigenvalue weighted by atomic mass is 16.3. The number of carbonyl (C=O) groups excluding carboxylic acids is 1. The first-order valence-electron chi connectivity index (χ1n) is 10.9. The van der Waals surface area contributed by atoms with Crippen molar-refractivity contribution in [2.24, 2.45) is 7.05 Å². The van der Waals surface area contributed by atoms with Crippen molar-refractivity contribution >= 4 is 16.9 Å². The first kappa shape index (κ1) is 21.1.